The molecule has 1 aromatic carbocycles. The zero-order valence-corrected chi connectivity index (χ0v) is 11.2. The van der Waals surface area contributed by atoms with Crippen molar-refractivity contribution in [2.24, 2.45) is 0 Å². The molecule has 0 saturated carbocycles. The molecule has 1 rings (SSSR count). The van der Waals surface area contributed by atoms with E-state index >= 15 is 0 Å². The van der Waals surface area contributed by atoms with E-state index in [4.69, 9.17) is 0 Å². The van der Waals surface area contributed by atoms with Crippen LogP contribution >= 0.6 is 0 Å². The lowest BCUT2D eigenvalue weighted by molar-refractivity contribution is 0.690. The maximum absolute atomic E-state index is 3.54. The van der Waals surface area contributed by atoms with Crippen LogP contribution in [-0.4, -0.2) is 20.1 Å². The number of hydrogen-bond acceptors (Lipinski definition) is 2. The van der Waals surface area contributed by atoms with Crippen molar-refractivity contribution in [3.05, 3.63) is 23.8 Å². The fourth-order valence-corrected chi connectivity index (χ4v) is 1.97. The van der Waals surface area contributed by atoms with Gasteiger partial charge in [-0.05, 0) is 38.0 Å². The molecule has 0 fully saturated rings. The van der Waals surface area contributed by atoms with Crippen LogP contribution in [0.4, 0.5) is 11.4 Å². The van der Waals surface area contributed by atoms with Crippen molar-refractivity contribution in [1.29, 1.82) is 0 Å². The monoisotopic (exact) mass is 220 g/mol. The van der Waals surface area contributed by atoms with Crippen LogP contribution in [-0.2, 0) is 0 Å². The summed E-state index contributed by atoms with van der Waals surface area (Å²) in [4.78, 5) is 2.16. The lowest BCUT2D eigenvalue weighted by Crippen LogP contribution is -2.16. The normalized spacial score (nSPS) is 12.3. The molecule has 2 heteroatoms. The number of nitrogens with zero attached hydrogens (tertiary/aromatic N) is 1. The molecule has 0 amide bonds. The molecular formula is C14H24N2. The first kappa shape index (κ1) is 12.9. The van der Waals surface area contributed by atoms with E-state index in [1.54, 1.807) is 0 Å². The number of aryl methyl sites for hydroxylation is 1. The van der Waals surface area contributed by atoms with Gasteiger partial charge in [0, 0.05) is 31.5 Å². The first-order valence-electron chi connectivity index (χ1n) is 6.09. The predicted octanol–water partition coefficient (Wildman–Crippen LogP) is 3.66. The van der Waals surface area contributed by atoms with Crippen LogP contribution in [0.3, 0.4) is 0 Å². The average Bonchev–Trinajstić information content (AvgIpc) is 2.21. The molecule has 1 aromatic rings. The second-order valence-corrected chi connectivity index (χ2v) is 4.73. The van der Waals surface area contributed by atoms with Crippen LogP contribution in [0, 0.1) is 6.92 Å². The molecule has 0 aliphatic rings. The Bertz CT molecular complexity index is 332. The highest BCUT2D eigenvalue weighted by atomic mass is 15.1. The standard InChI is InChI=1S/C14H24N2/c1-6-7-12(3)15-13-9-8-11(2)14(10-13)16(4)5/h8-10,12,15H,6-7H2,1-5H3. The molecule has 0 heterocycles. The van der Waals surface area contributed by atoms with Crippen molar-refractivity contribution >= 4 is 11.4 Å². The van der Waals surface area contributed by atoms with Crippen LogP contribution in [0.25, 0.3) is 0 Å². The average molecular weight is 220 g/mol. The van der Waals surface area contributed by atoms with Gasteiger partial charge in [0.25, 0.3) is 0 Å². The van der Waals surface area contributed by atoms with E-state index in [9.17, 15) is 0 Å². The Kier molecular flexibility index (Phi) is 4.66. The van der Waals surface area contributed by atoms with Gasteiger partial charge in [-0.3, -0.25) is 0 Å². The van der Waals surface area contributed by atoms with Crippen molar-refractivity contribution < 1.29 is 0 Å². The van der Waals surface area contributed by atoms with Gasteiger partial charge in [-0.15, -0.1) is 0 Å². The molecule has 90 valence electrons. The second-order valence-electron chi connectivity index (χ2n) is 4.73. The quantitative estimate of drug-likeness (QED) is 0.814. The first-order chi connectivity index (χ1) is 7.54. The summed E-state index contributed by atoms with van der Waals surface area (Å²) in [6.07, 6.45) is 2.44. The Morgan fingerprint density at radius 1 is 1.31 bits per heavy atom. The Morgan fingerprint density at radius 2 is 2.00 bits per heavy atom. The largest absolute Gasteiger partial charge is 0.383 e. The van der Waals surface area contributed by atoms with Gasteiger partial charge in [0.2, 0.25) is 0 Å². The summed E-state index contributed by atoms with van der Waals surface area (Å²) in [7, 11) is 4.17. The Labute approximate surface area is 99.7 Å². The summed E-state index contributed by atoms with van der Waals surface area (Å²) >= 11 is 0. The summed E-state index contributed by atoms with van der Waals surface area (Å²) in [5.41, 5.74) is 3.82. The minimum Gasteiger partial charge on any atom is -0.383 e. The van der Waals surface area contributed by atoms with Gasteiger partial charge < -0.3 is 10.2 Å². The summed E-state index contributed by atoms with van der Waals surface area (Å²) in [6, 6.07) is 7.11. The van der Waals surface area contributed by atoms with E-state index < -0.39 is 0 Å². The maximum atomic E-state index is 3.54. The van der Waals surface area contributed by atoms with E-state index in [0.717, 1.165) is 0 Å². The zero-order valence-electron chi connectivity index (χ0n) is 11.2. The summed E-state index contributed by atoms with van der Waals surface area (Å²) in [5, 5.41) is 3.54. The Morgan fingerprint density at radius 3 is 2.56 bits per heavy atom. The van der Waals surface area contributed by atoms with Crippen molar-refractivity contribution in [1.82, 2.24) is 0 Å². The molecule has 0 aromatic heterocycles. The van der Waals surface area contributed by atoms with Gasteiger partial charge >= 0.3 is 0 Å². The lowest BCUT2D eigenvalue weighted by atomic mass is 10.1. The number of rotatable bonds is 5. The topological polar surface area (TPSA) is 15.3 Å². The third kappa shape index (κ3) is 3.44. The van der Waals surface area contributed by atoms with Crippen molar-refractivity contribution in [3.63, 3.8) is 0 Å². The summed E-state index contributed by atoms with van der Waals surface area (Å²) < 4.78 is 0. The smallest absolute Gasteiger partial charge is 0.0411 e. The molecule has 16 heavy (non-hydrogen) atoms. The molecule has 0 aliphatic carbocycles. The second kappa shape index (κ2) is 5.78. The molecule has 1 unspecified atom stereocenters. The van der Waals surface area contributed by atoms with Crippen molar-refractivity contribution in [2.75, 3.05) is 24.3 Å². The summed E-state index contributed by atoms with van der Waals surface area (Å²) in [6.45, 7) is 6.60. The number of nitrogens with one attached hydrogen (secondary N) is 1. The third-order valence-electron chi connectivity index (χ3n) is 2.83. The molecule has 0 bridgehead atoms. The fraction of sp³-hybridized carbons (Fsp3) is 0.571. The minimum atomic E-state index is 0.544. The number of hydrogen-bond donors (Lipinski definition) is 1. The van der Waals surface area contributed by atoms with Crippen LogP contribution in [0.15, 0.2) is 18.2 Å². The lowest BCUT2D eigenvalue weighted by Gasteiger charge is -2.19. The molecule has 0 saturated heterocycles. The van der Waals surface area contributed by atoms with Gasteiger partial charge in [-0.25, -0.2) is 0 Å². The number of benzene rings is 1. The van der Waals surface area contributed by atoms with Gasteiger partial charge in [0.1, 0.15) is 0 Å². The zero-order chi connectivity index (χ0) is 12.1. The highest BCUT2D eigenvalue weighted by Crippen LogP contribution is 2.23. The number of anilines is 2. The minimum absolute atomic E-state index is 0.544. The summed E-state index contributed by atoms with van der Waals surface area (Å²) in [5.74, 6) is 0. The maximum Gasteiger partial charge on any atom is 0.0411 e. The molecule has 0 spiro atoms. The SMILES string of the molecule is CCCC(C)Nc1ccc(C)c(N(C)C)c1. The van der Waals surface area contributed by atoms with E-state index in [-0.39, 0.29) is 0 Å². The van der Waals surface area contributed by atoms with E-state index in [1.807, 2.05) is 0 Å². The molecule has 1 atom stereocenters. The third-order valence-corrected chi connectivity index (χ3v) is 2.83. The van der Waals surface area contributed by atoms with E-state index in [2.05, 4.69) is 63.3 Å². The van der Waals surface area contributed by atoms with Crippen LogP contribution in [0.5, 0.6) is 0 Å². The molecule has 2 nitrogen and oxygen atoms in total. The van der Waals surface area contributed by atoms with Gasteiger partial charge in [-0.1, -0.05) is 19.4 Å². The molecular weight excluding hydrogens is 196 g/mol. The molecule has 1 N–H and O–H groups in total. The van der Waals surface area contributed by atoms with Gasteiger partial charge in [0.05, 0.1) is 0 Å². The van der Waals surface area contributed by atoms with Gasteiger partial charge in [0.15, 0.2) is 0 Å². The van der Waals surface area contributed by atoms with Crippen molar-refractivity contribution in [2.45, 2.75) is 39.7 Å². The first-order valence-corrected chi connectivity index (χ1v) is 6.09. The van der Waals surface area contributed by atoms with Crippen LogP contribution in [0.1, 0.15) is 32.3 Å². The highest BCUT2D eigenvalue weighted by Gasteiger charge is 2.04. The van der Waals surface area contributed by atoms with Crippen molar-refractivity contribution in [3.8, 4) is 0 Å². The van der Waals surface area contributed by atoms with E-state index in [0.29, 0.717) is 6.04 Å². The van der Waals surface area contributed by atoms with Crippen LogP contribution < -0.4 is 10.2 Å². The Hall–Kier alpha value is -1.18. The molecule has 0 aliphatic heterocycles. The predicted molar refractivity (Wildman–Crippen MR) is 73.5 cm³/mol. The van der Waals surface area contributed by atoms with Gasteiger partial charge in [-0.2, -0.15) is 0 Å². The molecule has 0 radical (unpaired) electrons. The highest BCUT2D eigenvalue weighted by molar-refractivity contribution is 5.62. The van der Waals surface area contributed by atoms with Crippen LogP contribution in [0.2, 0.25) is 0 Å². The fourth-order valence-electron chi connectivity index (χ4n) is 1.97. The van der Waals surface area contributed by atoms with E-state index in [1.165, 1.54) is 29.8 Å². The Balaban J connectivity index is 2.78.